The fraction of sp³-hybridized carbons (Fsp3) is 0.400. The molecule has 0 N–H and O–H groups in total. The summed E-state index contributed by atoms with van der Waals surface area (Å²) in [5, 5.41) is 0. The van der Waals surface area contributed by atoms with Crippen LogP contribution in [0.25, 0.3) is 5.65 Å². The van der Waals surface area contributed by atoms with E-state index < -0.39 is 0 Å². The maximum absolute atomic E-state index is 5.71. The number of nitrogens with zero attached hydrogens (tertiary/aromatic N) is 3. The molecule has 0 unspecified atom stereocenters. The van der Waals surface area contributed by atoms with Crippen molar-refractivity contribution in [3.05, 3.63) is 22.7 Å². The average molecular weight is 284 g/mol. The zero-order chi connectivity index (χ0) is 11.1. The summed E-state index contributed by atoms with van der Waals surface area (Å²) in [5.74, 6) is 0.552. The summed E-state index contributed by atoms with van der Waals surface area (Å²) < 4.78 is 13.4. The van der Waals surface area contributed by atoms with Crippen LogP contribution in [0.3, 0.4) is 0 Å². The Labute approximate surface area is 101 Å². The van der Waals surface area contributed by atoms with Crippen LogP contribution in [0.15, 0.2) is 17.0 Å². The lowest BCUT2D eigenvalue weighted by Crippen LogP contribution is -2.38. The first-order valence-corrected chi connectivity index (χ1v) is 5.78. The molecular formula is C10H10BrN3O2. The highest BCUT2D eigenvalue weighted by atomic mass is 79.9. The van der Waals surface area contributed by atoms with Crippen molar-refractivity contribution in [2.24, 2.45) is 0 Å². The second-order valence-electron chi connectivity index (χ2n) is 3.76. The molecule has 2 aromatic rings. The van der Waals surface area contributed by atoms with Gasteiger partial charge in [-0.3, -0.25) is 4.40 Å². The molecule has 2 aromatic heterocycles. The lowest BCUT2D eigenvalue weighted by atomic mass is 10.3. The first kappa shape index (κ1) is 10.0. The van der Waals surface area contributed by atoms with E-state index >= 15 is 0 Å². The lowest BCUT2D eigenvalue weighted by molar-refractivity contribution is -0.0809. The van der Waals surface area contributed by atoms with E-state index in [2.05, 4.69) is 25.9 Å². The van der Waals surface area contributed by atoms with Crippen LogP contribution in [-0.4, -0.2) is 33.7 Å². The predicted octanol–water partition coefficient (Wildman–Crippen LogP) is 1.58. The Balaban J connectivity index is 2.05. The van der Waals surface area contributed by atoms with Crippen molar-refractivity contribution in [3.63, 3.8) is 0 Å². The summed E-state index contributed by atoms with van der Waals surface area (Å²) >= 11 is 3.35. The van der Waals surface area contributed by atoms with Crippen LogP contribution in [0.5, 0.6) is 5.88 Å². The number of halogens is 1. The highest BCUT2D eigenvalue weighted by molar-refractivity contribution is 9.10. The standard InChI is InChI=1S/C10H10BrN3O2/c1-6-2-14-3-8(11)13-10(9(14)12-6)16-7-4-15-5-7/h2-3,7H,4-5H2,1H3. The Morgan fingerprint density at radius 3 is 2.94 bits per heavy atom. The molecule has 6 heteroatoms. The van der Waals surface area contributed by atoms with Gasteiger partial charge in [-0.1, -0.05) is 0 Å². The normalized spacial score (nSPS) is 16.4. The summed E-state index contributed by atoms with van der Waals surface area (Å²) in [6, 6.07) is 0. The number of hydrogen-bond donors (Lipinski definition) is 0. The minimum absolute atomic E-state index is 0.0996. The molecule has 0 spiro atoms. The first-order valence-electron chi connectivity index (χ1n) is 4.98. The summed E-state index contributed by atoms with van der Waals surface area (Å²) in [4.78, 5) is 8.67. The molecule has 0 aromatic carbocycles. The molecule has 1 saturated heterocycles. The Morgan fingerprint density at radius 1 is 1.44 bits per heavy atom. The highest BCUT2D eigenvalue weighted by Crippen LogP contribution is 2.22. The summed E-state index contributed by atoms with van der Waals surface area (Å²) in [6.07, 6.45) is 3.90. The van der Waals surface area contributed by atoms with Gasteiger partial charge in [-0.05, 0) is 22.9 Å². The number of imidazole rings is 1. The van der Waals surface area contributed by atoms with Gasteiger partial charge < -0.3 is 9.47 Å². The molecule has 0 radical (unpaired) electrons. The molecule has 1 aliphatic heterocycles. The number of hydrogen-bond acceptors (Lipinski definition) is 4. The topological polar surface area (TPSA) is 48.7 Å². The quantitative estimate of drug-likeness (QED) is 0.840. The van der Waals surface area contributed by atoms with Crippen LogP contribution in [0.4, 0.5) is 0 Å². The molecule has 0 amide bonds. The van der Waals surface area contributed by atoms with Crippen LogP contribution in [0.2, 0.25) is 0 Å². The molecule has 84 valence electrons. The van der Waals surface area contributed by atoms with Crippen molar-refractivity contribution in [2.75, 3.05) is 13.2 Å². The minimum atomic E-state index is 0.0996. The number of aryl methyl sites for hydroxylation is 1. The summed E-state index contributed by atoms with van der Waals surface area (Å²) in [6.45, 7) is 3.19. The molecule has 5 nitrogen and oxygen atoms in total. The maximum Gasteiger partial charge on any atom is 0.259 e. The van der Waals surface area contributed by atoms with Gasteiger partial charge in [0.25, 0.3) is 5.88 Å². The summed E-state index contributed by atoms with van der Waals surface area (Å²) in [5.41, 5.74) is 1.68. The van der Waals surface area contributed by atoms with E-state index in [1.54, 1.807) is 0 Å². The largest absolute Gasteiger partial charge is 0.467 e. The Bertz CT molecular complexity index is 536. The zero-order valence-electron chi connectivity index (χ0n) is 8.68. The maximum atomic E-state index is 5.71. The van der Waals surface area contributed by atoms with E-state index in [0.29, 0.717) is 19.1 Å². The van der Waals surface area contributed by atoms with Gasteiger partial charge in [-0.15, -0.1) is 0 Å². The predicted molar refractivity (Wildman–Crippen MR) is 60.7 cm³/mol. The molecule has 0 bridgehead atoms. The fourth-order valence-corrected chi connectivity index (χ4v) is 1.96. The minimum Gasteiger partial charge on any atom is -0.467 e. The van der Waals surface area contributed by atoms with E-state index in [4.69, 9.17) is 9.47 Å². The van der Waals surface area contributed by atoms with Gasteiger partial charge in [0.15, 0.2) is 0 Å². The monoisotopic (exact) mass is 283 g/mol. The van der Waals surface area contributed by atoms with Crippen LogP contribution in [0.1, 0.15) is 5.69 Å². The Kier molecular flexibility index (Phi) is 2.33. The van der Waals surface area contributed by atoms with Crippen LogP contribution < -0.4 is 4.74 Å². The van der Waals surface area contributed by atoms with Crippen molar-refractivity contribution in [3.8, 4) is 5.88 Å². The van der Waals surface area contributed by atoms with Gasteiger partial charge in [0.1, 0.15) is 10.7 Å². The third-order valence-electron chi connectivity index (χ3n) is 2.38. The van der Waals surface area contributed by atoms with Gasteiger partial charge in [-0.2, -0.15) is 0 Å². The van der Waals surface area contributed by atoms with E-state index in [0.717, 1.165) is 15.9 Å². The molecule has 16 heavy (non-hydrogen) atoms. The van der Waals surface area contributed by atoms with Gasteiger partial charge in [-0.25, -0.2) is 9.97 Å². The second kappa shape index (κ2) is 3.71. The zero-order valence-corrected chi connectivity index (χ0v) is 10.3. The van der Waals surface area contributed by atoms with Gasteiger partial charge >= 0.3 is 0 Å². The molecule has 0 saturated carbocycles. The third kappa shape index (κ3) is 1.68. The number of fused-ring (bicyclic) bond motifs is 1. The average Bonchev–Trinajstić information content (AvgIpc) is 2.51. The van der Waals surface area contributed by atoms with Crippen LogP contribution in [0, 0.1) is 6.92 Å². The van der Waals surface area contributed by atoms with Crippen molar-refractivity contribution >= 4 is 21.6 Å². The molecule has 3 rings (SSSR count). The van der Waals surface area contributed by atoms with Crippen LogP contribution in [-0.2, 0) is 4.74 Å². The van der Waals surface area contributed by atoms with Crippen molar-refractivity contribution < 1.29 is 9.47 Å². The van der Waals surface area contributed by atoms with Crippen molar-refractivity contribution in [1.29, 1.82) is 0 Å². The highest BCUT2D eigenvalue weighted by Gasteiger charge is 2.22. The number of ether oxygens (including phenoxy) is 2. The third-order valence-corrected chi connectivity index (χ3v) is 2.77. The Morgan fingerprint density at radius 2 is 2.25 bits per heavy atom. The molecule has 1 fully saturated rings. The molecule has 1 aliphatic rings. The van der Waals surface area contributed by atoms with Gasteiger partial charge in [0, 0.05) is 12.4 Å². The first-order chi connectivity index (χ1) is 7.72. The molecule has 0 aliphatic carbocycles. The Hall–Kier alpha value is -1.14. The smallest absolute Gasteiger partial charge is 0.259 e. The fourth-order valence-electron chi connectivity index (χ4n) is 1.58. The number of aromatic nitrogens is 3. The number of rotatable bonds is 2. The van der Waals surface area contributed by atoms with E-state index in [1.165, 1.54) is 0 Å². The SMILES string of the molecule is Cc1cn2cc(Br)nc(OC3COC3)c2n1. The van der Waals surface area contributed by atoms with Gasteiger partial charge in [0.2, 0.25) is 5.65 Å². The second-order valence-corrected chi connectivity index (χ2v) is 4.57. The van der Waals surface area contributed by atoms with Gasteiger partial charge in [0.05, 0.1) is 18.9 Å². The summed E-state index contributed by atoms with van der Waals surface area (Å²) in [7, 11) is 0. The molecular weight excluding hydrogens is 274 g/mol. The van der Waals surface area contributed by atoms with E-state index in [-0.39, 0.29) is 6.10 Å². The van der Waals surface area contributed by atoms with Crippen LogP contribution >= 0.6 is 15.9 Å². The molecule has 0 atom stereocenters. The van der Waals surface area contributed by atoms with Crippen molar-refractivity contribution in [1.82, 2.24) is 14.4 Å². The lowest BCUT2D eigenvalue weighted by Gasteiger charge is -2.26. The van der Waals surface area contributed by atoms with E-state index in [9.17, 15) is 0 Å². The van der Waals surface area contributed by atoms with Crippen molar-refractivity contribution in [2.45, 2.75) is 13.0 Å². The van der Waals surface area contributed by atoms with E-state index in [1.807, 2.05) is 23.7 Å². The molecule has 3 heterocycles.